The van der Waals surface area contributed by atoms with Crippen molar-refractivity contribution in [2.24, 2.45) is 11.7 Å². The Morgan fingerprint density at radius 3 is 2.67 bits per heavy atom. The van der Waals surface area contributed by atoms with Gasteiger partial charge in [-0.05, 0) is 57.6 Å². The predicted molar refractivity (Wildman–Crippen MR) is 89.3 cm³/mol. The van der Waals surface area contributed by atoms with E-state index in [1.807, 2.05) is 0 Å². The average molecular weight is 286 g/mol. The second kappa shape index (κ2) is 6.50. The summed E-state index contributed by atoms with van der Waals surface area (Å²) in [4.78, 5) is 2.76. The van der Waals surface area contributed by atoms with Crippen LogP contribution in [0.4, 0.5) is 0 Å². The molecule has 1 heterocycles. The molecule has 4 atom stereocenters. The highest BCUT2D eigenvalue weighted by atomic mass is 15.2. The molecule has 1 aliphatic heterocycles. The molecule has 1 saturated heterocycles. The number of nitrogens with two attached hydrogens (primary N) is 1. The van der Waals surface area contributed by atoms with Crippen molar-refractivity contribution in [3.05, 3.63) is 35.4 Å². The molecule has 21 heavy (non-hydrogen) atoms. The zero-order valence-corrected chi connectivity index (χ0v) is 13.6. The molecule has 2 unspecified atom stereocenters. The van der Waals surface area contributed by atoms with Gasteiger partial charge in [0.05, 0.1) is 0 Å². The normalized spacial score (nSPS) is 29.7. The van der Waals surface area contributed by atoms with Gasteiger partial charge in [0.2, 0.25) is 0 Å². The van der Waals surface area contributed by atoms with E-state index in [1.54, 1.807) is 0 Å². The van der Waals surface area contributed by atoms with E-state index in [0.717, 1.165) is 12.0 Å². The Balaban J connectivity index is 1.89. The Bertz CT molecular complexity index is 466. The number of hydrogen-bond acceptors (Lipinski definition) is 2. The van der Waals surface area contributed by atoms with Crippen molar-refractivity contribution in [1.82, 2.24) is 4.90 Å². The smallest absolute Gasteiger partial charge is 0.0499 e. The van der Waals surface area contributed by atoms with Crippen LogP contribution in [0.5, 0.6) is 0 Å². The van der Waals surface area contributed by atoms with Gasteiger partial charge < -0.3 is 5.73 Å². The van der Waals surface area contributed by atoms with Crippen LogP contribution >= 0.6 is 0 Å². The number of hydrogen-bond donors (Lipinski definition) is 1. The number of piperidine rings is 1. The van der Waals surface area contributed by atoms with Crippen molar-refractivity contribution in [3.63, 3.8) is 0 Å². The van der Waals surface area contributed by atoms with Gasteiger partial charge in [-0.25, -0.2) is 0 Å². The molecule has 1 aromatic rings. The minimum atomic E-state index is 0.187. The van der Waals surface area contributed by atoms with Crippen LogP contribution in [0, 0.1) is 12.8 Å². The third-order valence-corrected chi connectivity index (χ3v) is 5.53. The zero-order chi connectivity index (χ0) is 14.8. The van der Waals surface area contributed by atoms with Crippen LogP contribution in [0.1, 0.15) is 62.6 Å². The Labute approximate surface area is 129 Å². The zero-order valence-electron chi connectivity index (χ0n) is 13.6. The molecule has 2 heteroatoms. The third-order valence-electron chi connectivity index (χ3n) is 5.53. The monoisotopic (exact) mass is 286 g/mol. The number of benzene rings is 1. The molecule has 2 nitrogen and oxygen atoms in total. The van der Waals surface area contributed by atoms with Crippen LogP contribution in [0.25, 0.3) is 0 Å². The van der Waals surface area contributed by atoms with Crippen molar-refractivity contribution in [2.75, 3.05) is 6.54 Å². The van der Waals surface area contributed by atoms with E-state index in [4.69, 9.17) is 5.73 Å². The summed E-state index contributed by atoms with van der Waals surface area (Å²) in [5, 5.41) is 0. The van der Waals surface area contributed by atoms with E-state index in [0.29, 0.717) is 6.04 Å². The number of likely N-dealkylation sites (tertiary alicyclic amines) is 1. The number of aryl methyl sites for hydroxylation is 1. The summed E-state index contributed by atoms with van der Waals surface area (Å²) >= 11 is 0. The first-order valence-electron chi connectivity index (χ1n) is 8.74. The van der Waals surface area contributed by atoms with Crippen LogP contribution in [0.3, 0.4) is 0 Å². The van der Waals surface area contributed by atoms with Gasteiger partial charge in [-0.15, -0.1) is 0 Å². The molecule has 1 saturated carbocycles. The summed E-state index contributed by atoms with van der Waals surface area (Å²) in [6.07, 6.45) is 8.41. The predicted octanol–water partition coefficient (Wildman–Crippen LogP) is 4.04. The quantitative estimate of drug-likeness (QED) is 0.908. The molecule has 2 aliphatic rings. The average Bonchev–Trinajstić information content (AvgIpc) is 2.47. The lowest BCUT2D eigenvalue weighted by molar-refractivity contribution is 0.0178. The maximum absolute atomic E-state index is 6.43. The summed E-state index contributed by atoms with van der Waals surface area (Å²) < 4.78 is 0. The topological polar surface area (TPSA) is 29.3 Å². The molecule has 0 radical (unpaired) electrons. The lowest BCUT2D eigenvalue weighted by Gasteiger charge is -2.49. The fraction of sp³-hybridized carbons (Fsp3) is 0.684. The first-order chi connectivity index (χ1) is 10.2. The molecule has 1 aliphatic carbocycles. The summed E-state index contributed by atoms with van der Waals surface area (Å²) in [5.41, 5.74) is 9.19. The summed E-state index contributed by atoms with van der Waals surface area (Å²) in [6, 6.07) is 10.3. The van der Waals surface area contributed by atoms with Crippen LogP contribution in [0.2, 0.25) is 0 Å². The van der Waals surface area contributed by atoms with E-state index in [2.05, 4.69) is 43.0 Å². The summed E-state index contributed by atoms with van der Waals surface area (Å²) in [7, 11) is 0. The van der Waals surface area contributed by atoms with E-state index in [1.165, 1.54) is 56.2 Å². The highest BCUT2D eigenvalue weighted by Gasteiger charge is 2.38. The number of fused-ring (bicyclic) bond motifs is 1. The number of nitrogens with zero attached hydrogens (tertiary/aromatic N) is 1. The summed E-state index contributed by atoms with van der Waals surface area (Å²) in [5.74, 6) is 0.915. The van der Waals surface area contributed by atoms with Gasteiger partial charge in [0.15, 0.2) is 0 Å². The van der Waals surface area contributed by atoms with Gasteiger partial charge in [0.25, 0.3) is 0 Å². The highest BCUT2D eigenvalue weighted by Crippen LogP contribution is 2.40. The standard InChI is InChI=1S/C19H30N2/c1-14-7-5-9-17(13-14)19(15(2)20)21-12-6-10-16-8-3-4-11-18(16)21/h5,7,9,13,15-16,18-19H,3-4,6,8,10-12,20H2,1-2H3/t15?,16-,18-,19?/m1/s1. The fourth-order valence-corrected chi connectivity index (χ4v) is 4.66. The molecular weight excluding hydrogens is 256 g/mol. The molecule has 0 spiro atoms. The second-order valence-electron chi connectivity index (χ2n) is 7.21. The molecule has 0 amide bonds. The Kier molecular flexibility index (Phi) is 4.66. The molecule has 2 fully saturated rings. The Morgan fingerprint density at radius 1 is 1.14 bits per heavy atom. The van der Waals surface area contributed by atoms with Crippen molar-refractivity contribution in [2.45, 2.75) is 70.5 Å². The highest BCUT2D eigenvalue weighted by molar-refractivity contribution is 5.26. The molecule has 116 valence electrons. The maximum Gasteiger partial charge on any atom is 0.0499 e. The van der Waals surface area contributed by atoms with Crippen molar-refractivity contribution >= 4 is 0 Å². The molecule has 1 aromatic carbocycles. The minimum Gasteiger partial charge on any atom is -0.326 e. The second-order valence-corrected chi connectivity index (χ2v) is 7.21. The van der Waals surface area contributed by atoms with Gasteiger partial charge in [-0.3, -0.25) is 4.90 Å². The van der Waals surface area contributed by atoms with Gasteiger partial charge in [-0.1, -0.05) is 42.7 Å². The molecule has 0 aromatic heterocycles. The van der Waals surface area contributed by atoms with Gasteiger partial charge in [0, 0.05) is 18.1 Å². The van der Waals surface area contributed by atoms with E-state index in [-0.39, 0.29) is 6.04 Å². The number of rotatable bonds is 3. The molecule has 0 bridgehead atoms. The van der Waals surface area contributed by atoms with Gasteiger partial charge in [0.1, 0.15) is 0 Å². The lowest BCUT2D eigenvalue weighted by atomic mass is 9.77. The van der Waals surface area contributed by atoms with E-state index < -0.39 is 0 Å². The van der Waals surface area contributed by atoms with Gasteiger partial charge in [-0.2, -0.15) is 0 Å². The van der Waals surface area contributed by atoms with Crippen LogP contribution in [0.15, 0.2) is 24.3 Å². The maximum atomic E-state index is 6.43. The minimum absolute atomic E-state index is 0.187. The van der Waals surface area contributed by atoms with Crippen LogP contribution < -0.4 is 5.73 Å². The fourth-order valence-electron chi connectivity index (χ4n) is 4.66. The van der Waals surface area contributed by atoms with Crippen LogP contribution in [-0.2, 0) is 0 Å². The van der Waals surface area contributed by atoms with E-state index >= 15 is 0 Å². The lowest BCUT2D eigenvalue weighted by Crippen LogP contribution is -2.52. The van der Waals surface area contributed by atoms with Crippen LogP contribution in [-0.4, -0.2) is 23.5 Å². The molecule has 2 N–H and O–H groups in total. The Morgan fingerprint density at radius 2 is 1.90 bits per heavy atom. The van der Waals surface area contributed by atoms with Crippen molar-refractivity contribution in [3.8, 4) is 0 Å². The van der Waals surface area contributed by atoms with E-state index in [9.17, 15) is 0 Å². The summed E-state index contributed by atoms with van der Waals surface area (Å²) in [6.45, 7) is 5.59. The third kappa shape index (κ3) is 3.17. The SMILES string of the molecule is Cc1cccc(C(C(C)N)N2CCC[C@H]3CCCC[C@H]32)c1. The first-order valence-corrected chi connectivity index (χ1v) is 8.74. The van der Waals surface area contributed by atoms with Crippen molar-refractivity contribution in [1.29, 1.82) is 0 Å². The first kappa shape index (κ1) is 15.1. The Hall–Kier alpha value is -0.860. The largest absolute Gasteiger partial charge is 0.326 e. The van der Waals surface area contributed by atoms with Crippen molar-refractivity contribution < 1.29 is 0 Å². The molecule has 3 rings (SSSR count). The molecular formula is C19H30N2. The van der Waals surface area contributed by atoms with Gasteiger partial charge >= 0.3 is 0 Å².